The van der Waals surface area contributed by atoms with Gasteiger partial charge in [-0.25, -0.2) is 4.79 Å². The first-order valence-corrected chi connectivity index (χ1v) is 4.73. The summed E-state index contributed by atoms with van der Waals surface area (Å²) in [6.07, 6.45) is 0. The molecule has 0 aromatic heterocycles. The van der Waals surface area contributed by atoms with Crippen LogP contribution in [0.3, 0.4) is 0 Å². The number of aromatic carboxylic acids is 1. The Kier molecular flexibility index (Phi) is 6.13. The van der Waals surface area contributed by atoms with Crippen molar-refractivity contribution < 1.29 is 9.90 Å². The molecule has 0 heterocycles. The third kappa shape index (κ3) is 5.02. The topological polar surface area (TPSA) is 66.6 Å². The van der Waals surface area contributed by atoms with Gasteiger partial charge in [-0.2, -0.15) is 0 Å². The third-order valence-electron chi connectivity index (χ3n) is 1.63. The van der Waals surface area contributed by atoms with E-state index in [0.717, 1.165) is 12.2 Å². The summed E-state index contributed by atoms with van der Waals surface area (Å²) in [5.41, 5.74) is 6.17. The molecular weight excluding hydrogens is 192 g/mol. The quantitative estimate of drug-likeness (QED) is 0.774. The molecule has 0 fully saturated rings. The SMILES string of the molecule is CCN.CN(C)c1ccc(C(=O)O)cc1. The minimum absolute atomic E-state index is 0.320. The fourth-order valence-corrected chi connectivity index (χ4v) is 0.902. The summed E-state index contributed by atoms with van der Waals surface area (Å²) in [7, 11) is 3.82. The van der Waals surface area contributed by atoms with Crippen LogP contribution in [-0.2, 0) is 0 Å². The summed E-state index contributed by atoms with van der Waals surface area (Å²) >= 11 is 0. The molecule has 1 rings (SSSR count). The number of hydrogen-bond acceptors (Lipinski definition) is 3. The van der Waals surface area contributed by atoms with Crippen molar-refractivity contribution in [3.63, 3.8) is 0 Å². The van der Waals surface area contributed by atoms with E-state index in [2.05, 4.69) is 0 Å². The highest BCUT2D eigenvalue weighted by Gasteiger charge is 2.01. The Labute approximate surface area is 90.3 Å². The normalized spacial score (nSPS) is 8.80. The van der Waals surface area contributed by atoms with Crippen LogP contribution in [-0.4, -0.2) is 31.7 Å². The first-order chi connectivity index (χ1) is 7.02. The fraction of sp³-hybridized carbons (Fsp3) is 0.364. The summed E-state index contributed by atoms with van der Waals surface area (Å²) in [6.45, 7) is 2.65. The molecule has 0 unspecified atom stereocenters. The average Bonchev–Trinajstić information content (AvgIpc) is 2.19. The molecule has 84 valence electrons. The van der Waals surface area contributed by atoms with Crippen LogP contribution >= 0.6 is 0 Å². The van der Waals surface area contributed by atoms with Crippen LogP contribution in [0, 0.1) is 0 Å². The van der Waals surface area contributed by atoms with E-state index in [4.69, 9.17) is 10.8 Å². The van der Waals surface area contributed by atoms with E-state index >= 15 is 0 Å². The number of hydrogen-bond donors (Lipinski definition) is 2. The summed E-state index contributed by atoms with van der Waals surface area (Å²) in [5.74, 6) is -0.889. The highest BCUT2D eigenvalue weighted by Crippen LogP contribution is 2.11. The second kappa shape index (κ2) is 6.84. The standard InChI is InChI=1S/C9H11NO2.C2H7N/c1-10(2)8-5-3-7(4-6-8)9(11)12;1-2-3/h3-6H,1-2H3,(H,11,12);2-3H2,1H3. The lowest BCUT2D eigenvalue weighted by Gasteiger charge is -2.11. The predicted octanol–water partition coefficient (Wildman–Crippen LogP) is 1.42. The molecule has 1 aromatic carbocycles. The Morgan fingerprint density at radius 3 is 2.00 bits per heavy atom. The molecule has 0 aliphatic rings. The highest BCUT2D eigenvalue weighted by molar-refractivity contribution is 5.88. The monoisotopic (exact) mass is 210 g/mol. The van der Waals surface area contributed by atoms with Gasteiger partial charge in [0.05, 0.1) is 5.56 Å². The van der Waals surface area contributed by atoms with Gasteiger partial charge >= 0.3 is 5.97 Å². The largest absolute Gasteiger partial charge is 0.478 e. The number of nitrogens with zero attached hydrogens (tertiary/aromatic N) is 1. The van der Waals surface area contributed by atoms with Crippen molar-refractivity contribution in [3.8, 4) is 0 Å². The van der Waals surface area contributed by atoms with Gasteiger partial charge in [-0.15, -0.1) is 0 Å². The maximum absolute atomic E-state index is 10.5. The van der Waals surface area contributed by atoms with Gasteiger partial charge in [0.15, 0.2) is 0 Å². The molecule has 0 saturated carbocycles. The fourth-order valence-electron chi connectivity index (χ4n) is 0.902. The predicted molar refractivity (Wildman–Crippen MR) is 62.5 cm³/mol. The van der Waals surface area contributed by atoms with Crippen molar-refractivity contribution in [1.82, 2.24) is 0 Å². The molecule has 0 radical (unpaired) electrons. The number of carboxylic acids is 1. The minimum Gasteiger partial charge on any atom is -0.478 e. The summed E-state index contributed by atoms with van der Waals surface area (Å²) in [4.78, 5) is 12.4. The molecule has 4 nitrogen and oxygen atoms in total. The van der Waals surface area contributed by atoms with Crippen LogP contribution < -0.4 is 10.6 Å². The lowest BCUT2D eigenvalue weighted by Crippen LogP contribution is -2.08. The molecule has 0 saturated heterocycles. The number of rotatable bonds is 2. The molecule has 0 amide bonds. The first kappa shape index (κ1) is 13.4. The van der Waals surface area contributed by atoms with Gasteiger partial charge < -0.3 is 15.7 Å². The summed E-state index contributed by atoms with van der Waals surface area (Å²) in [5, 5.41) is 8.60. The van der Waals surface area contributed by atoms with Crippen LogP contribution in [0.5, 0.6) is 0 Å². The first-order valence-electron chi connectivity index (χ1n) is 4.73. The van der Waals surface area contributed by atoms with Crippen molar-refractivity contribution in [1.29, 1.82) is 0 Å². The number of anilines is 1. The van der Waals surface area contributed by atoms with Crippen molar-refractivity contribution in [3.05, 3.63) is 29.8 Å². The summed E-state index contributed by atoms with van der Waals surface area (Å²) < 4.78 is 0. The van der Waals surface area contributed by atoms with Crippen LogP contribution in [0.4, 0.5) is 5.69 Å². The lowest BCUT2D eigenvalue weighted by molar-refractivity contribution is 0.0697. The smallest absolute Gasteiger partial charge is 0.335 e. The number of carboxylic acid groups (broad SMARTS) is 1. The Morgan fingerprint density at radius 1 is 1.33 bits per heavy atom. The van der Waals surface area contributed by atoms with Gasteiger partial charge in [0.1, 0.15) is 0 Å². The van der Waals surface area contributed by atoms with Gasteiger partial charge in [0.2, 0.25) is 0 Å². The molecule has 0 spiro atoms. The zero-order valence-electron chi connectivity index (χ0n) is 9.40. The summed E-state index contributed by atoms with van der Waals surface area (Å²) in [6, 6.07) is 6.75. The molecular formula is C11H18N2O2. The van der Waals surface area contributed by atoms with Crippen LogP contribution in [0.25, 0.3) is 0 Å². The molecule has 1 aromatic rings. The molecule has 0 aliphatic carbocycles. The Hall–Kier alpha value is -1.55. The van der Waals surface area contributed by atoms with Gasteiger partial charge in [-0.1, -0.05) is 6.92 Å². The maximum Gasteiger partial charge on any atom is 0.335 e. The van der Waals surface area contributed by atoms with Gasteiger partial charge in [0, 0.05) is 19.8 Å². The maximum atomic E-state index is 10.5. The van der Waals surface area contributed by atoms with E-state index in [1.807, 2.05) is 25.9 Å². The van der Waals surface area contributed by atoms with Gasteiger partial charge in [0.25, 0.3) is 0 Å². The van der Waals surface area contributed by atoms with E-state index in [9.17, 15) is 4.79 Å². The third-order valence-corrected chi connectivity index (χ3v) is 1.63. The van der Waals surface area contributed by atoms with E-state index in [1.165, 1.54) is 0 Å². The molecule has 4 heteroatoms. The molecule has 0 aliphatic heterocycles. The van der Waals surface area contributed by atoms with Gasteiger partial charge in [-0.05, 0) is 30.8 Å². The van der Waals surface area contributed by atoms with Crippen LogP contribution in [0.1, 0.15) is 17.3 Å². The van der Waals surface area contributed by atoms with Crippen LogP contribution in [0.15, 0.2) is 24.3 Å². The van der Waals surface area contributed by atoms with Crippen molar-refractivity contribution in [2.75, 3.05) is 25.5 Å². The minimum atomic E-state index is -0.889. The van der Waals surface area contributed by atoms with E-state index < -0.39 is 5.97 Å². The average molecular weight is 210 g/mol. The Bertz CT molecular complexity index is 294. The highest BCUT2D eigenvalue weighted by atomic mass is 16.4. The zero-order valence-corrected chi connectivity index (χ0v) is 9.40. The molecule has 0 bridgehead atoms. The Morgan fingerprint density at radius 2 is 1.73 bits per heavy atom. The zero-order chi connectivity index (χ0) is 11.8. The number of carbonyl (C=O) groups is 1. The second-order valence-electron chi connectivity index (χ2n) is 3.15. The van der Waals surface area contributed by atoms with E-state index in [1.54, 1.807) is 24.3 Å². The molecule has 3 N–H and O–H groups in total. The van der Waals surface area contributed by atoms with E-state index in [0.29, 0.717) is 5.56 Å². The lowest BCUT2D eigenvalue weighted by atomic mass is 10.2. The Balaban J connectivity index is 0.000000583. The van der Waals surface area contributed by atoms with Crippen LogP contribution in [0.2, 0.25) is 0 Å². The van der Waals surface area contributed by atoms with E-state index in [-0.39, 0.29) is 0 Å². The van der Waals surface area contributed by atoms with Crippen molar-refractivity contribution in [2.45, 2.75) is 6.92 Å². The molecule has 0 atom stereocenters. The van der Waals surface area contributed by atoms with Crippen molar-refractivity contribution >= 4 is 11.7 Å². The van der Waals surface area contributed by atoms with Gasteiger partial charge in [-0.3, -0.25) is 0 Å². The molecule has 15 heavy (non-hydrogen) atoms. The van der Waals surface area contributed by atoms with Crippen molar-refractivity contribution in [2.24, 2.45) is 5.73 Å². The second-order valence-corrected chi connectivity index (χ2v) is 3.15. The number of nitrogens with two attached hydrogens (primary N) is 1. The number of benzene rings is 1.